The van der Waals surface area contributed by atoms with Gasteiger partial charge in [0.05, 0.1) is 0 Å². The van der Waals surface area contributed by atoms with Crippen molar-refractivity contribution in [1.82, 2.24) is 5.32 Å². The van der Waals surface area contributed by atoms with Crippen LogP contribution in [0.15, 0.2) is 24.3 Å². The second-order valence-electron chi connectivity index (χ2n) is 5.70. The van der Waals surface area contributed by atoms with Gasteiger partial charge in [0, 0.05) is 17.6 Å². The number of ether oxygens (including phenoxy) is 1. The van der Waals surface area contributed by atoms with Gasteiger partial charge in [0.2, 0.25) is 0 Å². The van der Waals surface area contributed by atoms with Gasteiger partial charge < -0.3 is 15.8 Å². The number of aryl methyl sites for hydroxylation is 1. The van der Waals surface area contributed by atoms with Crippen LogP contribution in [0.4, 0.5) is 5.69 Å². The van der Waals surface area contributed by atoms with Crippen LogP contribution < -0.4 is 11.1 Å². The van der Waals surface area contributed by atoms with Crippen LogP contribution in [0, 0.1) is 0 Å². The van der Waals surface area contributed by atoms with E-state index in [0.717, 1.165) is 5.56 Å². The third kappa shape index (κ3) is 6.78. The highest BCUT2D eigenvalue weighted by Gasteiger charge is 2.15. The molecule has 5 nitrogen and oxygen atoms in total. The molecule has 0 saturated carbocycles. The molecule has 0 bridgehead atoms. The maximum absolute atomic E-state index is 11.5. The Kier molecular flexibility index (Phi) is 5.55. The summed E-state index contributed by atoms with van der Waals surface area (Å²) in [5.41, 5.74) is 6.96. The maximum Gasteiger partial charge on any atom is 0.306 e. The number of benzene rings is 1. The van der Waals surface area contributed by atoms with Crippen LogP contribution in [-0.4, -0.2) is 24.0 Å². The predicted octanol–water partition coefficient (Wildman–Crippen LogP) is 1.66. The first-order valence-corrected chi connectivity index (χ1v) is 6.57. The highest BCUT2D eigenvalue weighted by atomic mass is 16.5. The van der Waals surface area contributed by atoms with Gasteiger partial charge in [0.25, 0.3) is 5.91 Å². The van der Waals surface area contributed by atoms with E-state index in [1.165, 1.54) is 0 Å². The lowest BCUT2D eigenvalue weighted by Gasteiger charge is -2.20. The second kappa shape index (κ2) is 6.93. The molecule has 1 amide bonds. The Hall–Kier alpha value is -2.04. The summed E-state index contributed by atoms with van der Waals surface area (Å²) in [5.74, 6) is -0.689. The third-order valence-electron chi connectivity index (χ3n) is 2.45. The lowest BCUT2D eigenvalue weighted by Crippen LogP contribution is -2.42. The first-order valence-electron chi connectivity index (χ1n) is 6.57. The van der Waals surface area contributed by atoms with Gasteiger partial charge in [-0.1, -0.05) is 12.1 Å². The summed E-state index contributed by atoms with van der Waals surface area (Å²) in [6, 6.07) is 7.35. The topological polar surface area (TPSA) is 81.4 Å². The fourth-order valence-electron chi connectivity index (χ4n) is 1.67. The highest BCUT2D eigenvalue weighted by Crippen LogP contribution is 2.09. The minimum absolute atomic E-state index is 0.228. The predicted molar refractivity (Wildman–Crippen MR) is 78.0 cm³/mol. The van der Waals surface area contributed by atoms with Gasteiger partial charge >= 0.3 is 5.97 Å². The van der Waals surface area contributed by atoms with Crippen molar-refractivity contribution in [2.75, 3.05) is 12.3 Å². The Balaban J connectivity index is 2.29. The number of carbonyl (C=O) groups is 2. The summed E-state index contributed by atoms with van der Waals surface area (Å²) in [7, 11) is 0. The third-order valence-corrected chi connectivity index (χ3v) is 2.45. The van der Waals surface area contributed by atoms with Crippen molar-refractivity contribution in [2.45, 2.75) is 39.2 Å². The summed E-state index contributed by atoms with van der Waals surface area (Å²) in [6.45, 7) is 5.36. The molecule has 1 aromatic rings. The average molecular weight is 278 g/mol. The molecular formula is C15H22N2O3. The van der Waals surface area contributed by atoms with Gasteiger partial charge in [-0.15, -0.1) is 0 Å². The quantitative estimate of drug-likeness (QED) is 0.634. The zero-order chi connectivity index (χ0) is 15.2. The number of carbonyl (C=O) groups excluding carboxylic acids is 2. The summed E-state index contributed by atoms with van der Waals surface area (Å²) >= 11 is 0. The summed E-state index contributed by atoms with van der Waals surface area (Å²) in [5, 5.41) is 2.72. The van der Waals surface area contributed by atoms with Crippen LogP contribution in [0.3, 0.4) is 0 Å². The molecule has 0 fully saturated rings. The van der Waals surface area contributed by atoms with E-state index in [9.17, 15) is 9.59 Å². The van der Waals surface area contributed by atoms with Crippen molar-refractivity contribution in [3.63, 3.8) is 0 Å². The van der Waals surface area contributed by atoms with E-state index in [-0.39, 0.29) is 24.5 Å². The zero-order valence-electron chi connectivity index (χ0n) is 12.2. The van der Waals surface area contributed by atoms with Crippen LogP contribution >= 0.6 is 0 Å². The largest absolute Gasteiger partial charge is 0.456 e. The van der Waals surface area contributed by atoms with Gasteiger partial charge in [0.1, 0.15) is 0 Å². The molecular weight excluding hydrogens is 256 g/mol. The molecule has 0 aromatic heterocycles. The number of nitrogens with two attached hydrogens (primary N) is 1. The Morgan fingerprint density at radius 1 is 1.30 bits per heavy atom. The van der Waals surface area contributed by atoms with Crippen molar-refractivity contribution in [1.29, 1.82) is 0 Å². The van der Waals surface area contributed by atoms with Crippen molar-refractivity contribution in [3.8, 4) is 0 Å². The number of nitrogens with one attached hydrogen (secondary N) is 1. The molecule has 0 aliphatic carbocycles. The summed E-state index contributed by atoms with van der Waals surface area (Å²) in [4.78, 5) is 23.0. The normalized spacial score (nSPS) is 10.9. The molecule has 0 heterocycles. The molecule has 0 saturated heterocycles. The van der Waals surface area contributed by atoms with E-state index in [1.54, 1.807) is 6.07 Å². The van der Waals surface area contributed by atoms with Crippen molar-refractivity contribution in [2.24, 2.45) is 0 Å². The van der Waals surface area contributed by atoms with E-state index in [1.807, 2.05) is 39.0 Å². The first-order chi connectivity index (χ1) is 9.26. The lowest BCUT2D eigenvalue weighted by atomic mass is 10.1. The Morgan fingerprint density at radius 3 is 2.60 bits per heavy atom. The Morgan fingerprint density at radius 2 is 2.00 bits per heavy atom. The number of nitrogen functional groups attached to an aromatic ring is 1. The molecule has 110 valence electrons. The zero-order valence-corrected chi connectivity index (χ0v) is 12.2. The van der Waals surface area contributed by atoms with Gasteiger partial charge in [-0.3, -0.25) is 9.59 Å². The minimum atomic E-state index is -0.392. The average Bonchev–Trinajstić information content (AvgIpc) is 2.32. The number of hydrogen-bond donors (Lipinski definition) is 2. The second-order valence-corrected chi connectivity index (χ2v) is 5.70. The fourth-order valence-corrected chi connectivity index (χ4v) is 1.67. The van der Waals surface area contributed by atoms with Gasteiger partial charge in [-0.25, -0.2) is 0 Å². The van der Waals surface area contributed by atoms with Crippen molar-refractivity contribution >= 4 is 17.6 Å². The molecule has 0 atom stereocenters. The lowest BCUT2D eigenvalue weighted by molar-refractivity contribution is -0.148. The number of esters is 1. The molecule has 0 aliphatic rings. The van der Waals surface area contributed by atoms with Gasteiger partial charge in [0.15, 0.2) is 6.61 Å². The maximum atomic E-state index is 11.5. The number of hydrogen-bond acceptors (Lipinski definition) is 4. The molecule has 0 spiro atoms. The van der Waals surface area contributed by atoms with Gasteiger partial charge in [-0.05, 0) is 44.9 Å². The van der Waals surface area contributed by atoms with Crippen LogP contribution in [-0.2, 0) is 20.7 Å². The van der Waals surface area contributed by atoms with Crippen molar-refractivity contribution < 1.29 is 14.3 Å². The summed E-state index contributed by atoms with van der Waals surface area (Å²) < 4.78 is 4.92. The van der Waals surface area contributed by atoms with Crippen LogP contribution in [0.1, 0.15) is 32.8 Å². The number of anilines is 1. The van der Waals surface area contributed by atoms with Crippen LogP contribution in [0.25, 0.3) is 0 Å². The molecule has 1 aromatic carbocycles. The highest BCUT2D eigenvalue weighted by molar-refractivity contribution is 5.81. The molecule has 0 radical (unpaired) electrons. The number of rotatable bonds is 5. The van der Waals surface area contributed by atoms with Gasteiger partial charge in [-0.2, -0.15) is 0 Å². The van der Waals surface area contributed by atoms with E-state index in [2.05, 4.69) is 5.32 Å². The smallest absolute Gasteiger partial charge is 0.306 e. The fraction of sp³-hybridized carbons (Fsp3) is 0.467. The van der Waals surface area contributed by atoms with Crippen molar-refractivity contribution in [3.05, 3.63) is 29.8 Å². The number of amides is 1. The molecule has 0 aliphatic heterocycles. The Bertz CT molecular complexity index is 478. The first kappa shape index (κ1) is 16.0. The van der Waals surface area contributed by atoms with Crippen LogP contribution in [0.5, 0.6) is 0 Å². The molecule has 20 heavy (non-hydrogen) atoms. The standard InChI is InChI=1S/C15H22N2O3/c1-15(2,3)17-13(18)10-20-14(19)8-7-11-5-4-6-12(16)9-11/h4-6,9H,7-8,10,16H2,1-3H3,(H,17,18). The molecule has 3 N–H and O–H groups in total. The molecule has 0 unspecified atom stereocenters. The van der Waals surface area contributed by atoms with Crippen LogP contribution in [0.2, 0.25) is 0 Å². The molecule has 5 heteroatoms. The van der Waals surface area contributed by atoms with E-state index in [4.69, 9.17) is 10.5 Å². The minimum Gasteiger partial charge on any atom is -0.456 e. The van der Waals surface area contributed by atoms with E-state index >= 15 is 0 Å². The monoisotopic (exact) mass is 278 g/mol. The molecule has 1 rings (SSSR count). The van der Waals surface area contributed by atoms with E-state index < -0.39 is 5.97 Å². The SMILES string of the molecule is CC(C)(C)NC(=O)COC(=O)CCc1cccc(N)c1. The summed E-state index contributed by atoms with van der Waals surface area (Å²) in [6.07, 6.45) is 0.775. The van der Waals surface area contributed by atoms with E-state index in [0.29, 0.717) is 12.1 Å². The Labute approximate surface area is 119 Å².